The highest BCUT2D eigenvalue weighted by atomic mass is 79.9. The molecule has 0 amide bonds. The summed E-state index contributed by atoms with van der Waals surface area (Å²) in [5, 5.41) is 0. The molecule has 0 saturated heterocycles. The average molecular weight is 249 g/mol. The van der Waals surface area contributed by atoms with Gasteiger partial charge in [-0.1, -0.05) is 6.07 Å². The number of halogens is 1. The molecule has 0 unspecified atom stereocenters. The van der Waals surface area contributed by atoms with E-state index in [-0.39, 0.29) is 0 Å². The molecule has 0 spiro atoms. The first-order valence-electron chi connectivity index (χ1n) is 3.89. The van der Waals surface area contributed by atoms with Crippen molar-refractivity contribution >= 4 is 21.6 Å². The minimum Gasteiger partial charge on any atom is -0.448 e. The van der Waals surface area contributed by atoms with Gasteiger partial charge in [-0.2, -0.15) is 0 Å². The first-order valence-corrected chi connectivity index (χ1v) is 4.68. The summed E-state index contributed by atoms with van der Waals surface area (Å²) in [7, 11) is 0. The van der Waals surface area contributed by atoms with Crippen LogP contribution >= 0.6 is 15.9 Å². The van der Waals surface area contributed by atoms with Crippen molar-refractivity contribution in [3.63, 3.8) is 0 Å². The van der Waals surface area contributed by atoms with Crippen molar-refractivity contribution < 1.29 is 4.42 Å². The maximum Gasteiger partial charge on any atom is 0.205 e. The molecule has 0 radical (unpaired) electrons. The van der Waals surface area contributed by atoms with Gasteiger partial charge in [0.2, 0.25) is 5.69 Å². The first-order chi connectivity index (χ1) is 6.79. The molecule has 2 rings (SSSR count). The second-order valence-corrected chi connectivity index (χ2v) is 3.40. The maximum atomic E-state index is 6.78. The molecule has 68 valence electrons. The lowest BCUT2D eigenvalue weighted by molar-refractivity contribution is 0.554. The Morgan fingerprint density at radius 3 is 2.64 bits per heavy atom. The van der Waals surface area contributed by atoms with E-state index in [0.717, 1.165) is 5.69 Å². The Labute approximate surface area is 89.3 Å². The third-order valence-electron chi connectivity index (χ3n) is 1.70. The lowest BCUT2D eigenvalue weighted by Gasteiger charge is -1.94. The maximum absolute atomic E-state index is 6.78. The van der Waals surface area contributed by atoms with Crippen molar-refractivity contribution in [3.05, 3.63) is 46.5 Å². The summed E-state index contributed by atoms with van der Waals surface area (Å²) in [6.07, 6.45) is 1.53. The number of hydrogen-bond donors (Lipinski definition) is 0. The van der Waals surface area contributed by atoms with Crippen LogP contribution < -0.4 is 0 Å². The van der Waals surface area contributed by atoms with Crippen molar-refractivity contribution in [2.75, 3.05) is 0 Å². The molecule has 2 heterocycles. The summed E-state index contributed by atoms with van der Waals surface area (Å²) in [6.45, 7) is 6.78. The molecule has 0 bridgehead atoms. The van der Waals surface area contributed by atoms with E-state index in [1.807, 2.05) is 6.07 Å². The number of rotatable bonds is 1. The van der Waals surface area contributed by atoms with E-state index in [0.29, 0.717) is 16.1 Å². The van der Waals surface area contributed by atoms with Crippen LogP contribution in [0.4, 0.5) is 5.69 Å². The Kier molecular flexibility index (Phi) is 2.33. The first kappa shape index (κ1) is 8.97. The molecule has 0 aliphatic heterocycles. The fourth-order valence-corrected chi connectivity index (χ4v) is 1.36. The molecule has 2 aromatic rings. The topological polar surface area (TPSA) is 30.4 Å². The van der Waals surface area contributed by atoms with Gasteiger partial charge in [0.1, 0.15) is 5.69 Å². The van der Waals surface area contributed by atoms with E-state index in [4.69, 9.17) is 11.0 Å². The van der Waals surface area contributed by atoms with Gasteiger partial charge in [-0.3, -0.25) is 4.98 Å². The van der Waals surface area contributed by atoms with Gasteiger partial charge in [-0.25, -0.2) is 4.85 Å². The van der Waals surface area contributed by atoms with Crippen LogP contribution in [0.1, 0.15) is 0 Å². The van der Waals surface area contributed by atoms with Gasteiger partial charge < -0.3 is 4.42 Å². The molecule has 3 nitrogen and oxygen atoms in total. The summed E-state index contributed by atoms with van der Waals surface area (Å²) in [4.78, 5) is 7.36. The molecule has 0 fully saturated rings. The SMILES string of the molecule is [C-]#[N+]c1ccc(-c2ccc(Br)o2)nc1. The van der Waals surface area contributed by atoms with Crippen LogP contribution in [-0.2, 0) is 0 Å². The van der Waals surface area contributed by atoms with Crippen LogP contribution in [0.5, 0.6) is 0 Å². The molecule has 4 heteroatoms. The summed E-state index contributed by atoms with van der Waals surface area (Å²) < 4.78 is 5.99. The summed E-state index contributed by atoms with van der Waals surface area (Å²) >= 11 is 3.21. The van der Waals surface area contributed by atoms with E-state index in [1.54, 1.807) is 18.2 Å². The van der Waals surface area contributed by atoms with Gasteiger partial charge in [0.15, 0.2) is 10.4 Å². The number of hydrogen-bond acceptors (Lipinski definition) is 2. The zero-order chi connectivity index (χ0) is 9.97. The second-order valence-electron chi connectivity index (χ2n) is 2.62. The van der Waals surface area contributed by atoms with Crippen LogP contribution in [0.2, 0.25) is 0 Å². The van der Waals surface area contributed by atoms with Gasteiger partial charge in [-0.15, -0.1) is 0 Å². The van der Waals surface area contributed by atoms with Crippen molar-refractivity contribution in [1.29, 1.82) is 0 Å². The summed E-state index contributed by atoms with van der Waals surface area (Å²) in [5.41, 5.74) is 1.25. The molecule has 0 aliphatic rings. The Bertz CT molecular complexity index is 482. The minimum atomic E-state index is 0.527. The van der Waals surface area contributed by atoms with Gasteiger partial charge in [0.05, 0.1) is 6.57 Å². The fraction of sp³-hybridized carbons (Fsp3) is 0. The third-order valence-corrected chi connectivity index (χ3v) is 2.13. The van der Waals surface area contributed by atoms with Crippen molar-refractivity contribution in [2.24, 2.45) is 0 Å². The number of pyridine rings is 1. The minimum absolute atomic E-state index is 0.527. The average Bonchev–Trinajstić information content (AvgIpc) is 2.65. The van der Waals surface area contributed by atoms with Gasteiger partial charge in [0.25, 0.3) is 0 Å². The van der Waals surface area contributed by atoms with Crippen molar-refractivity contribution in [2.45, 2.75) is 0 Å². The Balaban J connectivity index is 2.39. The predicted molar refractivity (Wildman–Crippen MR) is 55.9 cm³/mol. The van der Waals surface area contributed by atoms with Crippen molar-refractivity contribution in [1.82, 2.24) is 4.98 Å². The Hall–Kier alpha value is -1.60. The fourth-order valence-electron chi connectivity index (χ4n) is 1.05. The zero-order valence-corrected chi connectivity index (χ0v) is 8.65. The number of aromatic nitrogens is 1. The molecule has 14 heavy (non-hydrogen) atoms. The van der Waals surface area contributed by atoms with Crippen LogP contribution in [0.25, 0.3) is 16.3 Å². The zero-order valence-electron chi connectivity index (χ0n) is 7.07. The molecule has 0 aliphatic carbocycles. The van der Waals surface area contributed by atoms with Crippen molar-refractivity contribution in [3.8, 4) is 11.5 Å². The Morgan fingerprint density at radius 2 is 2.14 bits per heavy atom. The third kappa shape index (κ3) is 1.68. The molecular weight excluding hydrogens is 244 g/mol. The van der Waals surface area contributed by atoms with E-state index in [2.05, 4.69) is 25.8 Å². The van der Waals surface area contributed by atoms with Gasteiger partial charge >= 0.3 is 0 Å². The van der Waals surface area contributed by atoms with Crippen LogP contribution in [0.3, 0.4) is 0 Å². The standard InChI is InChI=1S/C10H5BrN2O/c1-12-7-2-3-8(13-6-7)9-4-5-10(11)14-9/h2-6H. The quantitative estimate of drug-likeness (QED) is 0.722. The second kappa shape index (κ2) is 3.64. The van der Waals surface area contributed by atoms with E-state index < -0.39 is 0 Å². The molecule has 0 N–H and O–H groups in total. The highest BCUT2D eigenvalue weighted by Gasteiger charge is 2.03. The highest BCUT2D eigenvalue weighted by molar-refractivity contribution is 9.10. The van der Waals surface area contributed by atoms with Crippen LogP contribution in [0, 0.1) is 6.57 Å². The Morgan fingerprint density at radius 1 is 1.29 bits per heavy atom. The highest BCUT2D eigenvalue weighted by Crippen LogP contribution is 2.24. The predicted octanol–water partition coefficient (Wildman–Crippen LogP) is 3.65. The molecular formula is C10H5BrN2O. The van der Waals surface area contributed by atoms with Gasteiger partial charge in [0, 0.05) is 6.20 Å². The molecule has 0 aromatic carbocycles. The normalized spacial score (nSPS) is 9.71. The number of furan rings is 1. The largest absolute Gasteiger partial charge is 0.448 e. The van der Waals surface area contributed by atoms with Gasteiger partial charge in [-0.05, 0) is 34.1 Å². The van der Waals surface area contributed by atoms with E-state index >= 15 is 0 Å². The van der Waals surface area contributed by atoms with E-state index in [1.165, 1.54) is 6.20 Å². The van der Waals surface area contributed by atoms with Crippen LogP contribution in [-0.4, -0.2) is 4.98 Å². The number of nitrogens with zero attached hydrogens (tertiary/aromatic N) is 2. The smallest absolute Gasteiger partial charge is 0.205 e. The molecule has 0 saturated carbocycles. The van der Waals surface area contributed by atoms with Crippen LogP contribution in [0.15, 0.2) is 39.5 Å². The lowest BCUT2D eigenvalue weighted by atomic mass is 10.3. The van der Waals surface area contributed by atoms with E-state index in [9.17, 15) is 0 Å². The monoisotopic (exact) mass is 248 g/mol. The summed E-state index contributed by atoms with van der Waals surface area (Å²) in [6, 6.07) is 7.11. The molecule has 0 atom stereocenters. The summed E-state index contributed by atoms with van der Waals surface area (Å²) in [5.74, 6) is 0.688. The lowest BCUT2D eigenvalue weighted by Crippen LogP contribution is -1.77. The molecule has 2 aromatic heterocycles.